The zero-order valence-corrected chi connectivity index (χ0v) is 11.5. The molecule has 0 bridgehead atoms. The molecule has 0 saturated heterocycles. The minimum Gasteiger partial charge on any atom is -0.267 e. The van der Waals surface area contributed by atoms with Crippen molar-refractivity contribution in [1.29, 1.82) is 0 Å². The number of carbonyl (C=O) groups is 1. The largest absolute Gasteiger partial charge is 0.272 e. The fourth-order valence-corrected chi connectivity index (χ4v) is 2.75. The Morgan fingerprint density at radius 3 is 2.86 bits per heavy atom. The standard InChI is InChI=1S/C14H10ClN3O3/c15-11-8-14(19)17-13(5-6-16-17)10(11)7-9-3-1-2-4-12(9)18(20)21/h1-6,8,10H,7H2. The number of allylic oxidation sites excluding steroid dienone is 2. The molecule has 2 aromatic rings. The van der Waals surface area contributed by atoms with Crippen LogP contribution in [0.25, 0.3) is 0 Å². The highest BCUT2D eigenvalue weighted by atomic mass is 35.5. The molecule has 0 radical (unpaired) electrons. The molecular weight excluding hydrogens is 294 g/mol. The van der Waals surface area contributed by atoms with Gasteiger partial charge in [-0.2, -0.15) is 5.10 Å². The van der Waals surface area contributed by atoms with E-state index in [1.165, 1.54) is 23.0 Å². The molecule has 1 aliphatic rings. The van der Waals surface area contributed by atoms with Crippen molar-refractivity contribution < 1.29 is 9.72 Å². The summed E-state index contributed by atoms with van der Waals surface area (Å²) in [5.74, 6) is -0.619. The lowest BCUT2D eigenvalue weighted by molar-refractivity contribution is -0.385. The van der Waals surface area contributed by atoms with Crippen molar-refractivity contribution in [3.05, 3.63) is 69.0 Å². The molecule has 1 unspecified atom stereocenters. The molecule has 0 saturated carbocycles. The van der Waals surface area contributed by atoms with E-state index in [1.807, 2.05) is 0 Å². The minimum absolute atomic E-state index is 0.0462. The smallest absolute Gasteiger partial charge is 0.267 e. The van der Waals surface area contributed by atoms with Gasteiger partial charge in [0.1, 0.15) is 0 Å². The van der Waals surface area contributed by atoms with Gasteiger partial charge in [-0.05, 0) is 12.5 Å². The fourth-order valence-electron chi connectivity index (χ4n) is 2.47. The van der Waals surface area contributed by atoms with Gasteiger partial charge in [-0.1, -0.05) is 29.8 Å². The van der Waals surface area contributed by atoms with Crippen LogP contribution in [0.1, 0.15) is 22.0 Å². The van der Waals surface area contributed by atoms with Gasteiger partial charge in [0.2, 0.25) is 0 Å². The van der Waals surface area contributed by atoms with Gasteiger partial charge in [-0.25, -0.2) is 4.68 Å². The summed E-state index contributed by atoms with van der Waals surface area (Å²) in [5, 5.41) is 15.4. The Morgan fingerprint density at radius 2 is 2.10 bits per heavy atom. The highest BCUT2D eigenvalue weighted by Gasteiger charge is 2.29. The predicted molar refractivity (Wildman–Crippen MR) is 76.3 cm³/mol. The Labute approximate surface area is 124 Å². The van der Waals surface area contributed by atoms with Gasteiger partial charge in [0.25, 0.3) is 11.6 Å². The first-order valence-electron chi connectivity index (χ1n) is 6.25. The molecule has 2 heterocycles. The molecule has 0 N–H and O–H groups in total. The Morgan fingerprint density at radius 1 is 1.33 bits per heavy atom. The summed E-state index contributed by atoms with van der Waals surface area (Å²) in [5.41, 5.74) is 1.26. The second-order valence-electron chi connectivity index (χ2n) is 4.68. The van der Waals surface area contributed by atoms with Crippen LogP contribution in [0.4, 0.5) is 5.69 Å². The number of nitro benzene ring substituents is 1. The number of nitro groups is 1. The van der Waals surface area contributed by atoms with E-state index in [9.17, 15) is 14.9 Å². The van der Waals surface area contributed by atoms with Crippen LogP contribution in [0.3, 0.4) is 0 Å². The summed E-state index contributed by atoms with van der Waals surface area (Å²) in [6, 6.07) is 8.21. The first kappa shape index (κ1) is 13.5. The molecule has 6 nitrogen and oxygen atoms in total. The third-order valence-electron chi connectivity index (χ3n) is 3.44. The SMILES string of the molecule is O=C1C=C(Cl)C(Cc2ccccc2[N+](=O)[O-])c2ccnn21. The van der Waals surface area contributed by atoms with E-state index < -0.39 is 4.92 Å². The van der Waals surface area contributed by atoms with Crippen LogP contribution in [0.15, 0.2) is 47.6 Å². The maximum absolute atomic E-state index is 11.8. The number of aromatic nitrogens is 2. The molecule has 21 heavy (non-hydrogen) atoms. The van der Waals surface area contributed by atoms with Crippen LogP contribution in [0.5, 0.6) is 0 Å². The van der Waals surface area contributed by atoms with Crippen molar-refractivity contribution in [3.8, 4) is 0 Å². The lowest BCUT2D eigenvalue weighted by Gasteiger charge is -2.21. The maximum Gasteiger partial charge on any atom is 0.272 e. The first-order valence-corrected chi connectivity index (χ1v) is 6.63. The lowest BCUT2D eigenvalue weighted by atomic mass is 9.93. The maximum atomic E-state index is 11.8. The van der Waals surface area contributed by atoms with E-state index >= 15 is 0 Å². The van der Waals surface area contributed by atoms with Crippen molar-refractivity contribution in [1.82, 2.24) is 9.78 Å². The normalized spacial score (nSPS) is 17.3. The van der Waals surface area contributed by atoms with Gasteiger partial charge >= 0.3 is 0 Å². The zero-order chi connectivity index (χ0) is 15.0. The molecule has 3 rings (SSSR count). The first-order chi connectivity index (χ1) is 10.1. The third kappa shape index (κ3) is 2.34. The number of carbonyl (C=O) groups excluding carboxylic acids is 1. The Balaban J connectivity index is 2.01. The highest BCUT2D eigenvalue weighted by molar-refractivity contribution is 6.32. The number of rotatable bonds is 3. The molecule has 1 aromatic carbocycles. The van der Waals surface area contributed by atoms with Crippen LogP contribution >= 0.6 is 11.6 Å². The van der Waals surface area contributed by atoms with E-state index in [4.69, 9.17) is 11.6 Å². The van der Waals surface area contributed by atoms with E-state index in [0.717, 1.165) is 0 Å². The molecule has 1 atom stereocenters. The second kappa shape index (κ2) is 5.14. The monoisotopic (exact) mass is 303 g/mol. The van der Waals surface area contributed by atoms with Crippen LogP contribution in [0.2, 0.25) is 0 Å². The number of fused-ring (bicyclic) bond motifs is 1. The number of hydrogen-bond acceptors (Lipinski definition) is 4. The number of hydrogen-bond donors (Lipinski definition) is 0. The number of para-hydroxylation sites is 1. The van der Waals surface area contributed by atoms with Crippen molar-refractivity contribution in [2.75, 3.05) is 0 Å². The predicted octanol–water partition coefficient (Wildman–Crippen LogP) is 2.89. The Kier molecular flexibility index (Phi) is 3.31. The molecule has 0 spiro atoms. The molecule has 0 fully saturated rings. The van der Waals surface area contributed by atoms with Crippen molar-refractivity contribution >= 4 is 23.2 Å². The molecule has 0 aliphatic carbocycles. The van der Waals surface area contributed by atoms with Crippen LogP contribution in [0, 0.1) is 10.1 Å². The van der Waals surface area contributed by atoms with E-state index in [-0.39, 0.29) is 17.5 Å². The van der Waals surface area contributed by atoms with Crippen molar-refractivity contribution in [2.24, 2.45) is 0 Å². The van der Waals surface area contributed by atoms with Gasteiger partial charge in [0, 0.05) is 34.9 Å². The summed E-state index contributed by atoms with van der Waals surface area (Å²) >= 11 is 6.17. The van der Waals surface area contributed by atoms with E-state index in [0.29, 0.717) is 22.7 Å². The molecule has 1 aromatic heterocycles. The minimum atomic E-state index is -0.418. The fraction of sp³-hybridized carbons (Fsp3) is 0.143. The molecule has 7 heteroatoms. The summed E-state index contributed by atoms with van der Waals surface area (Å²) in [7, 11) is 0. The molecular formula is C14H10ClN3O3. The summed E-state index contributed by atoms with van der Waals surface area (Å²) in [4.78, 5) is 22.4. The second-order valence-corrected chi connectivity index (χ2v) is 5.11. The van der Waals surface area contributed by atoms with Gasteiger partial charge in [-0.3, -0.25) is 14.9 Å². The molecule has 0 amide bonds. The summed E-state index contributed by atoms with van der Waals surface area (Å²) < 4.78 is 1.27. The van der Waals surface area contributed by atoms with Crippen LogP contribution in [-0.2, 0) is 6.42 Å². The van der Waals surface area contributed by atoms with Gasteiger partial charge in [0.05, 0.1) is 10.6 Å². The molecule has 106 valence electrons. The third-order valence-corrected chi connectivity index (χ3v) is 3.82. The Hall–Kier alpha value is -2.47. The Bertz CT molecular complexity index is 766. The average Bonchev–Trinajstić information content (AvgIpc) is 2.93. The summed E-state index contributed by atoms with van der Waals surface area (Å²) in [6.07, 6.45) is 3.16. The highest BCUT2D eigenvalue weighted by Crippen LogP contribution is 2.35. The average molecular weight is 304 g/mol. The van der Waals surface area contributed by atoms with E-state index in [1.54, 1.807) is 24.3 Å². The van der Waals surface area contributed by atoms with Crippen LogP contribution in [-0.4, -0.2) is 20.6 Å². The number of halogens is 1. The van der Waals surface area contributed by atoms with Gasteiger partial charge in [0.15, 0.2) is 0 Å². The number of benzene rings is 1. The number of nitrogens with zero attached hydrogens (tertiary/aromatic N) is 3. The van der Waals surface area contributed by atoms with Gasteiger partial charge < -0.3 is 0 Å². The van der Waals surface area contributed by atoms with Crippen LogP contribution < -0.4 is 0 Å². The lowest BCUT2D eigenvalue weighted by Crippen LogP contribution is -2.22. The van der Waals surface area contributed by atoms with Gasteiger partial charge in [-0.15, -0.1) is 0 Å². The van der Waals surface area contributed by atoms with Crippen molar-refractivity contribution in [2.45, 2.75) is 12.3 Å². The van der Waals surface area contributed by atoms with Crippen molar-refractivity contribution in [3.63, 3.8) is 0 Å². The molecule has 1 aliphatic heterocycles. The van der Waals surface area contributed by atoms with E-state index in [2.05, 4.69) is 5.10 Å². The quantitative estimate of drug-likeness (QED) is 0.645. The topological polar surface area (TPSA) is 78.0 Å². The zero-order valence-electron chi connectivity index (χ0n) is 10.8. The summed E-state index contributed by atoms with van der Waals surface area (Å²) in [6.45, 7) is 0.